The summed E-state index contributed by atoms with van der Waals surface area (Å²) in [6.07, 6.45) is -0.370. The molecule has 3 aromatic rings. The molecule has 0 fully saturated rings. The first-order valence-electron chi connectivity index (χ1n) is 11.9. The van der Waals surface area contributed by atoms with Crippen molar-refractivity contribution < 1.29 is 28.2 Å². The molecule has 0 saturated carbocycles. The van der Waals surface area contributed by atoms with Crippen LogP contribution < -0.4 is 4.72 Å². The van der Waals surface area contributed by atoms with Gasteiger partial charge in [0.05, 0.1) is 17.5 Å². The SMILES string of the molecule is Cc1ccc(-c2c(C)c(-c3ccccc3O)c(C(OC(C)(C)C)C(=O)O)c(C)c2NS(C)(=O)=O)cc1C. The zero-order valence-electron chi connectivity index (χ0n) is 22.6. The zero-order chi connectivity index (χ0) is 27.9. The predicted molar refractivity (Wildman–Crippen MR) is 148 cm³/mol. The van der Waals surface area contributed by atoms with Crippen molar-refractivity contribution in [2.45, 2.75) is 60.2 Å². The molecule has 0 aliphatic heterocycles. The molecule has 0 aliphatic rings. The Balaban J connectivity index is 2.60. The van der Waals surface area contributed by atoms with Crippen LogP contribution in [0.5, 0.6) is 5.75 Å². The van der Waals surface area contributed by atoms with E-state index in [9.17, 15) is 23.4 Å². The maximum atomic E-state index is 12.6. The number of sulfonamides is 1. The molecule has 0 aliphatic carbocycles. The molecule has 37 heavy (non-hydrogen) atoms. The second kappa shape index (κ2) is 10.2. The summed E-state index contributed by atoms with van der Waals surface area (Å²) in [5.74, 6) is -1.25. The highest BCUT2D eigenvalue weighted by Crippen LogP contribution is 2.48. The highest BCUT2D eigenvalue weighted by molar-refractivity contribution is 7.92. The second-order valence-electron chi connectivity index (χ2n) is 10.4. The molecule has 1 atom stereocenters. The van der Waals surface area contributed by atoms with Gasteiger partial charge in [0.15, 0.2) is 6.10 Å². The first-order chi connectivity index (χ1) is 17.0. The average Bonchev–Trinajstić information content (AvgIpc) is 2.76. The van der Waals surface area contributed by atoms with Crippen LogP contribution >= 0.6 is 0 Å². The van der Waals surface area contributed by atoms with Crippen LogP contribution in [0.15, 0.2) is 42.5 Å². The smallest absolute Gasteiger partial charge is 0.337 e. The van der Waals surface area contributed by atoms with Gasteiger partial charge in [-0.05, 0) is 87.9 Å². The fourth-order valence-electron chi connectivity index (χ4n) is 4.54. The molecule has 0 aromatic heterocycles. The average molecular weight is 526 g/mol. The molecule has 0 heterocycles. The maximum absolute atomic E-state index is 12.6. The number of phenolic OH excluding ortho intramolecular Hbond substituents is 1. The van der Waals surface area contributed by atoms with Crippen LogP contribution in [0.2, 0.25) is 0 Å². The van der Waals surface area contributed by atoms with Crippen LogP contribution in [-0.2, 0) is 19.6 Å². The van der Waals surface area contributed by atoms with Crippen molar-refractivity contribution in [3.05, 3.63) is 70.3 Å². The fourth-order valence-corrected chi connectivity index (χ4v) is 5.17. The number of carboxylic acids is 1. The van der Waals surface area contributed by atoms with Gasteiger partial charge in [-0.15, -0.1) is 0 Å². The molecule has 7 nitrogen and oxygen atoms in total. The Labute approximate surface area is 219 Å². The van der Waals surface area contributed by atoms with E-state index in [1.54, 1.807) is 52.8 Å². The molecule has 0 bridgehead atoms. The molecular weight excluding hydrogens is 490 g/mol. The topological polar surface area (TPSA) is 113 Å². The van der Waals surface area contributed by atoms with Crippen LogP contribution in [0.25, 0.3) is 22.3 Å². The van der Waals surface area contributed by atoms with Gasteiger partial charge in [0, 0.05) is 16.7 Å². The molecule has 0 radical (unpaired) electrons. The Morgan fingerprint density at radius 2 is 1.57 bits per heavy atom. The number of para-hydroxylation sites is 1. The lowest BCUT2D eigenvalue weighted by Crippen LogP contribution is -2.29. The van der Waals surface area contributed by atoms with Crippen LogP contribution in [0.1, 0.15) is 54.7 Å². The predicted octanol–water partition coefficient (Wildman–Crippen LogP) is 6.27. The molecule has 3 rings (SSSR count). The van der Waals surface area contributed by atoms with Crippen molar-refractivity contribution in [2.24, 2.45) is 0 Å². The Morgan fingerprint density at radius 1 is 0.946 bits per heavy atom. The Bertz CT molecular complexity index is 1470. The Morgan fingerprint density at radius 3 is 2.08 bits per heavy atom. The highest BCUT2D eigenvalue weighted by Gasteiger charge is 2.35. The van der Waals surface area contributed by atoms with E-state index < -0.39 is 27.7 Å². The number of carbonyl (C=O) groups is 1. The number of aliphatic carboxylic acids is 1. The molecule has 3 N–H and O–H groups in total. The second-order valence-corrected chi connectivity index (χ2v) is 12.2. The number of hydrogen-bond donors (Lipinski definition) is 3. The van der Waals surface area contributed by atoms with Crippen LogP contribution in [-0.4, -0.2) is 36.5 Å². The van der Waals surface area contributed by atoms with Gasteiger partial charge in [-0.25, -0.2) is 13.2 Å². The molecule has 8 heteroatoms. The monoisotopic (exact) mass is 525 g/mol. The van der Waals surface area contributed by atoms with Gasteiger partial charge in [0.25, 0.3) is 0 Å². The summed E-state index contributed by atoms with van der Waals surface area (Å²) >= 11 is 0. The first kappa shape index (κ1) is 28.2. The van der Waals surface area contributed by atoms with E-state index in [-0.39, 0.29) is 17.0 Å². The number of aromatic hydroxyl groups is 1. The van der Waals surface area contributed by atoms with Crippen molar-refractivity contribution >= 4 is 21.7 Å². The van der Waals surface area contributed by atoms with Crippen molar-refractivity contribution in [3.8, 4) is 28.0 Å². The van der Waals surface area contributed by atoms with Crippen molar-refractivity contribution in [3.63, 3.8) is 0 Å². The number of carboxylic acid groups (broad SMARTS) is 1. The quantitative estimate of drug-likeness (QED) is 0.335. The molecular formula is C29H35NO6S. The normalized spacial score (nSPS) is 12.9. The molecule has 0 amide bonds. The van der Waals surface area contributed by atoms with Gasteiger partial charge in [-0.2, -0.15) is 0 Å². The van der Waals surface area contributed by atoms with Crippen LogP contribution in [0.4, 0.5) is 5.69 Å². The van der Waals surface area contributed by atoms with Crippen LogP contribution in [0, 0.1) is 27.7 Å². The van der Waals surface area contributed by atoms with Gasteiger partial charge in [0.1, 0.15) is 5.75 Å². The van der Waals surface area contributed by atoms with E-state index in [0.717, 1.165) is 22.9 Å². The summed E-state index contributed by atoms with van der Waals surface area (Å²) in [6, 6.07) is 12.5. The van der Waals surface area contributed by atoms with E-state index in [0.29, 0.717) is 27.8 Å². The minimum Gasteiger partial charge on any atom is -0.507 e. The van der Waals surface area contributed by atoms with E-state index >= 15 is 0 Å². The van der Waals surface area contributed by atoms with Crippen molar-refractivity contribution in [1.82, 2.24) is 0 Å². The van der Waals surface area contributed by atoms with E-state index in [1.807, 2.05) is 32.0 Å². The summed E-state index contributed by atoms with van der Waals surface area (Å²) in [6.45, 7) is 12.7. The van der Waals surface area contributed by atoms with E-state index in [1.165, 1.54) is 6.07 Å². The van der Waals surface area contributed by atoms with Gasteiger partial charge < -0.3 is 14.9 Å². The standard InChI is InChI=1S/C29H35NO6S/c1-16-13-14-20(15-17(16)2)23-18(3)24(21-11-9-10-12-22(21)31)25(19(4)26(23)30-37(8,34)35)27(28(32)33)36-29(5,6)7/h9-15,27,30-31H,1-8H3,(H,32,33). The number of nitrogens with one attached hydrogen (secondary N) is 1. The summed E-state index contributed by atoms with van der Waals surface area (Å²) in [5, 5.41) is 21.2. The number of hydrogen-bond acceptors (Lipinski definition) is 5. The third-order valence-electron chi connectivity index (χ3n) is 6.26. The largest absolute Gasteiger partial charge is 0.507 e. The summed E-state index contributed by atoms with van der Waals surface area (Å²) in [5.41, 5.74) is 5.13. The van der Waals surface area contributed by atoms with Gasteiger partial charge in [0.2, 0.25) is 10.0 Å². The summed E-state index contributed by atoms with van der Waals surface area (Å²) < 4.78 is 33.7. The minimum atomic E-state index is -3.74. The fraction of sp³-hybridized carbons (Fsp3) is 0.345. The third kappa shape index (κ3) is 6.14. The number of ether oxygens (including phenoxy) is 1. The Kier molecular flexibility index (Phi) is 7.77. The number of rotatable bonds is 7. The van der Waals surface area contributed by atoms with Crippen molar-refractivity contribution in [1.29, 1.82) is 0 Å². The third-order valence-corrected chi connectivity index (χ3v) is 6.84. The van der Waals surface area contributed by atoms with E-state index in [4.69, 9.17) is 4.74 Å². The van der Waals surface area contributed by atoms with Crippen LogP contribution in [0.3, 0.4) is 0 Å². The summed E-state index contributed by atoms with van der Waals surface area (Å²) in [7, 11) is -3.74. The highest BCUT2D eigenvalue weighted by atomic mass is 32.2. The zero-order valence-corrected chi connectivity index (χ0v) is 23.4. The van der Waals surface area contributed by atoms with Gasteiger partial charge in [-0.3, -0.25) is 4.72 Å². The number of aryl methyl sites for hydroxylation is 2. The number of anilines is 1. The van der Waals surface area contributed by atoms with Gasteiger partial charge >= 0.3 is 5.97 Å². The lowest BCUT2D eigenvalue weighted by Gasteiger charge is -2.31. The van der Waals surface area contributed by atoms with Gasteiger partial charge in [-0.1, -0.05) is 36.4 Å². The number of benzene rings is 3. The molecule has 0 saturated heterocycles. The first-order valence-corrected chi connectivity index (χ1v) is 13.8. The lowest BCUT2D eigenvalue weighted by atomic mass is 9.82. The molecule has 198 valence electrons. The molecule has 1 unspecified atom stereocenters. The van der Waals surface area contributed by atoms with Crippen molar-refractivity contribution in [2.75, 3.05) is 11.0 Å². The van der Waals surface area contributed by atoms with E-state index in [2.05, 4.69) is 4.72 Å². The maximum Gasteiger partial charge on any atom is 0.337 e. The molecule has 3 aromatic carbocycles. The summed E-state index contributed by atoms with van der Waals surface area (Å²) in [4.78, 5) is 12.6. The minimum absolute atomic E-state index is 0.0268. The number of phenols is 1. The lowest BCUT2D eigenvalue weighted by molar-refractivity contribution is -0.160. The Hall–Kier alpha value is -3.36. The molecule has 0 spiro atoms.